The summed E-state index contributed by atoms with van der Waals surface area (Å²) in [6.45, 7) is 1.34. The second-order valence-electron chi connectivity index (χ2n) is 5.33. The Labute approximate surface area is 127 Å². The average molecular weight is 326 g/mol. The van der Waals surface area contributed by atoms with Crippen molar-refractivity contribution in [1.82, 2.24) is 19.7 Å². The van der Waals surface area contributed by atoms with E-state index in [0.29, 0.717) is 37.5 Å². The summed E-state index contributed by atoms with van der Waals surface area (Å²) in [7, 11) is -3.56. The first kappa shape index (κ1) is 15.1. The van der Waals surface area contributed by atoms with Gasteiger partial charge in [0.25, 0.3) is 0 Å². The molecule has 0 saturated carbocycles. The third kappa shape index (κ3) is 2.76. The predicted molar refractivity (Wildman–Crippen MR) is 80.8 cm³/mol. The van der Waals surface area contributed by atoms with E-state index in [1.165, 1.54) is 6.33 Å². The van der Waals surface area contributed by atoms with E-state index >= 15 is 0 Å². The van der Waals surface area contributed by atoms with Crippen LogP contribution in [0.5, 0.6) is 0 Å². The molecule has 1 atom stereocenters. The molecule has 2 aromatic rings. The smallest absolute Gasteiger partial charge is 0.213 e. The second kappa shape index (κ2) is 5.78. The molecule has 0 spiro atoms. The van der Waals surface area contributed by atoms with Gasteiger partial charge in [0.15, 0.2) is 5.65 Å². The molecule has 2 aromatic heterocycles. The minimum Gasteiger partial charge on any atom is -0.394 e. The first-order valence-electron chi connectivity index (χ1n) is 7.04. The Morgan fingerprint density at radius 2 is 2.23 bits per heavy atom. The van der Waals surface area contributed by atoms with Gasteiger partial charge in [-0.3, -0.25) is 0 Å². The van der Waals surface area contributed by atoms with Crippen molar-refractivity contribution in [2.24, 2.45) is 5.14 Å². The molecular weight excluding hydrogens is 308 g/mol. The molecule has 1 aliphatic heterocycles. The lowest BCUT2D eigenvalue weighted by molar-refractivity contribution is 0.271. The maximum absolute atomic E-state index is 11.6. The van der Waals surface area contributed by atoms with Gasteiger partial charge in [0.2, 0.25) is 10.0 Å². The fourth-order valence-corrected chi connectivity index (χ4v) is 3.67. The lowest BCUT2D eigenvalue weighted by atomic mass is 10.1. The van der Waals surface area contributed by atoms with Gasteiger partial charge >= 0.3 is 0 Å². The number of nitrogens with zero attached hydrogens (tertiary/aromatic N) is 5. The van der Waals surface area contributed by atoms with E-state index < -0.39 is 15.3 Å². The molecule has 120 valence electrons. The molecule has 0 bridgehead atoms. The number of nitrogens with two attached hydrogens (primary N) is 1. The third-order valence-corrected chi connectivity index (χ3v) is 5.18. The Balaban J connectivity index is 1.96. The SMILES string of the molecule is NS(=O)(=O)[C@H]1CCCN(c2ncnc3c2cnn3CCO)C1. The van der Waals surface area contributed by atoms with Crippen molar-refractivity contribution in [2.75, 3.05) is 24.6 Å². The van der Waals surface area contributed by atoms with Gasteiger partial charge in [0.05, 0.1) is 30.0 Å². The molecule has 10 heteroatoms. The van der Waals surface area contributed by atoms with Crippen molar-refractivity contribution >= 4 is 26.9 Å². The van der Waals surface area contributed by atoms with E-state index in [4.69, 9.17) is 10.2 Å². The first-order chi connectivity index (χ1) is 10.5. The largest absolute Gasteiger partial charge is 0.394 e. The Morgan fingerprint density at radius 3 is 2.95 bits per heavy atom. The summed E-state index contributed by atoms with van der Waals surface area (Å²) in [5.41, 5.74) is 0.622. The fourth-order valence-electron chi connectivity index (χ4n) is 2.79. The van der Waals surface area contributed by atoms with E-state index in [2.05, 4.69) is 15.1 Å². The maximum atomic E-state index is 11.6. The van der Waals surface area contributed by atoms with Crippen LogP contribution in [0, 0.1) is 0 Å². The molecule has 9 nitrogen and oxygen atoms in total. The van der Waals surface area contributed by atoms with Crippen LogP contribution >= 0.6 is 0 Å². The van der Waals surface area contributed by atoms with Crippen molar-refractivity contribution in [3.8, 4) is 0 Å². The second-order valence-corrected chi connectivity index (χ2v) is 7.17. The number of rotatable bonds is 4. The number of hydrogen-bond donors (Lipinski definition) is 2. The van der Waals surface area contributed by atoms with Gasteiger partial charge in [-0.15, -0.1) is 0 Å². The van der Waals surface area contributed by atoms with E-state index in [1.807, 2.05) is 4.90 Å². The van der Waals surface area contributed by atoms with Crippen LogP contribution in [0.3, 0.4) is 0 Å². The zero-order valence-electron chi connectivity index (χ0n) is 12.0. The monoisotopic (exact) mass is 326 g/mol. The quantitative estimate of drug-likeness (QED) is 0.743. The van der Waals surface area contributed by atoms with E-state index in [1.54, 1.807) is 10.9 Å². The summed E-state index contributed by atoms with van der Waals surface area (Å²) in [6, 6.07) is 0. The van der Waals surface area contributed by atoms with Crippen LogP contribution in [0.2, 0.25) is 0 Å². The van der Waals surface area contributed by atoms with Crippen molar-refractivity contribution in [1.29, 1.82) is 0 Å². The molecule has 3 N–H and O–H groups in total. The molecule has 1 fully saturated rings. The zero-order chi connectivity index (χ0) is 15.7. The van der Waals surface area contributed by atoms with Crippen LogP contribution in [0.1, 0.15) is 12.8 Å². The highest BCUT2D eigenvalue weighted by Gasteiger charge is 2.29. The topological polar surface area (TPSA) is 127 Å². The van der Waals surface area contributed by atoms with Gasteiger partial charge in [0, 0.05) is 13.1 Å². The molecule has 0 aromatic carbocycles. The molecule has 22 heavy (non-hydrogen) atoms. The van der Waals surface area contributed by atoms with Crippen LogP contribution < -0.4 is 10.0 Å². The standard InChI is InChI=1S/C12H18N6O3S/c13-22(20,21)9-2-1-3-17(7-9)11-10-6-16-18(4-5-19)12(10)15-8-14-11/h6,8-9,19H,1-5,7H2,(H2,13,20,21)/t9-/m0/s1. The molecule has 0 aliphatic carbocycles. The summed E-state index contributed by atoms with van der Waals surface area (Å²) in [6.07, 6.45) is 4.36. The lowest BCUT2D eigenvalue weighted by Gasteiger charge is -2.32. The molecule has 0 radical (unpaired) electrons. The number of fused-ring (bicyclic) bond motifs is 1. The van der Waals surface area contributed by atoms with Crippen molar-refractivity contribution in [2.45, 2.75) is 24.6 Å². The highest BCUT2D eigenvalue weighted by atomic mass is 32.2. The molecule has 0 amide bonds. The Morgan fingerprint density at radius 1 is 1.41 bits per heavy atom. The number of primary sulfonamides is 1. The minimum absolute atomic E-state index is 0.0344. The van der Waals surface area contributed by atoms with E-state index in [0.717, 1.165) is 11.8 Å². The van der Waals surface area contributed by atoms with Crippen LogP contribution in [0.4, 0.5) is 5.82 Å². The van der Waals surface area contributed by atoms with Crippen molar-refractivity contribution in [3.05, 3.63) is 12.5 Å². The van der Waals surface area contributed by atoms with E-state index in [9.17, 15) is 8.42 Å². The van der Waals surface area contributed by atoms with Gasteiger partial charge in [-0.05, 0) is 12.8 Å². The summed E-state index contributed by atoms with van der Waals surface area (Å²) in [4.78, 5) is 10.4. The third-order valence-electron chi connectivity index (χ3n) is 3.87. The lowest BCUT2D eigenvalue weighted by Crippen LogP contribution is -2.45. The minimum atomic E-state index is -3.56. The first-order valence-corrected chi connectivity index (χ1v) is 8.65. The maximum Gasteiger partial charge on any atom is 0.213 e. The number of anilines is 1. The van der Waals surface area contributed by atoms with Crippen LogP contribution in [0.15, 0.2) is 12.5 Å². The number of piperidine rings is 1. The molecule has 1 saturated heterocycles. The number of aromatic nitrogens is 4. The van der Waals surface area contributed by atoms with Crippen molar-refractivity contribution in [3.63, 3.8) is 0 Å². The van der Waals surface area contributed by atoms with Gasteiger partial charge in [-0.25, -0.2) is 28.2 Å². The van der Waals surface area contributed by atoms with Gasteiger partial charge in [-0.2, -0.15) is 5.10 Å². The number of hydrogen-bond acceptors (Lipinski definition) is 7. The van der Waals surface area contributed by atoms with Crippen LogP contribution in [-0.4, -0.2) is 58.2 Å². The summed E-state index contributed by atoms with van der Waals surface area (Å²) >= 11 is 0. The highest BCUT2D eigenvalue weighted by molar-refractivity contribution is 7.89. The summed E-state index contributed by atoms with van der Waals surface area (Å²) in [5, 5.41) is 18.7. The Kier molecular flexibility index (Phi) is 3.98. The fraction of sp³-hybridized carbons (Fsp3) is 0.583. The van der Waals surface area contributed by atoms with Crippen molar-refractivity contribution < 1.29 is 13.5 Å². The summed E-state index contributed by atoms with van der Waals surface area (Å²) < 4.78 is 24.8. The average Bonchev–Trinajstić information content (AvgIpc) is 2.90. The molecule has 3 heterocycles. The number of aliphatic hydroxyl groups excluding tert-OH is 1. The van der Waals surface area contributed by atoms with Gasteiger partial charge in [0.1, 0.15) is 12.1 Å². The normalized spacial score (nSPS) is 19.7. The molecular formula is C12H18N6O3S. The van der Waals surface area contributed by atoms with Gasteiger partial charge < -0.3 is 10.0 Å². The summed E-state index contributed by atoms with van der Waals surface area (Å²) in [5.74, 6) is 0.655. The predicted octanol–water partition coefficient (Wildman–Crippen LogP) is -0.924. The molecule has 0 unspecified atom stereocenters. The van der Waals surface area contributed by atoms with Crippen LogP contribution in [0.25, 0.3) is 11.0 Å². The number of aliphatic hydroxyl groups is 1. The highest BCUT2D eigenvalue weighted by Crippen LogP contribution is 2.26. The number of sulfonamides is 1. The van der Waals surface area contributed by atoms with Gasteiger partial charge in [-0.1, -0.05) is 0 Å². The zero-order valence-corrected chi connectivity index (χ0v) is 12.8. The molecule has 1 aliphatic rings. The molecule has 3 rings (SSSR count). The Bertz CT molecular complexity index is 774. The van der Waals surface area contributed by atoms with Crippen LogP contribution in [-0.2, 0) is 16.6 Å². The Hall–Kier alpha value is -1.78. The van der Waals surface area contributed by atoms with E-state index in [-0.39, 0.29) is 6.61 Å².